The summed E-state index contributed by atoms with van der Waals surface area (Å²) in [5.74, 6) is 1.42. The van der Waals surface area contributed by atoms with Gasteiger partial charge in [-0.2, -0.15) is 5.10 Å². The summed E-state index contributed by atoms with van der Waals surface area (Å²) < 4.78 is 13.1. The molecule has 0 aliphatic carbocycles. The molecule has 0 radical (unpaired) electrons. The Bertz CT molecular complexity index is 1120. The zero-order valence-corrected chi connectivity index (χ0v) is 17.6. The quantitative estimate of drug-likeness (QED) is 0.386. The molecule has 7 nitrogen and oxygen atoms in total. The van der Waals surface area contributed by atoms with Gasteiger partial charge in [0.2, 0.25) is 0 Å². The van der Waals surface area contributed by atoms with Crippen LogP contribution in [-0.4, -0.2) is 39.7 Å². The number of allylic oxidation sites excluding steroid dienone is 2. The fourth-order valence-corrected chi connectivity index (χ4v) is 2.67. The minimum absolute atomic E-state index is 0.363. The molecule has 2 aromatic heterocycles. The number of rotatable bonds is 10. The molecule has 1 aromatic carbocycles. The first kappa shape index (κ1) is 21.6. The van der Waals surface area contributed by atoms with Crippen LogP contribution in [0, 0.1) is 0 Å². The summed E-state index contributed by atoms with van der Waals surface area (Å²) >= 11 is 0. The van der Waals surface area contributed by atoms with Crippen molar-refractivity contribution in [2.45, 2.75) is 0 Å². The Morgan fingerprint density at radius 2 is 2.10 bits per heavy atom. The van der Waals surface area contributed by atoms with E-state index in [1.807, 2.05) is 60.2 Å². The third-order valence-electron chi connectivity index (χ3n) is 4.28. The number of aromatic nitrogens is 4. The monoisotopic (exact) mass is 415 g/mol. The highest BCUT2D eigenvalue weighted by atomic mass is 16.5. The number of H-pyrrole nitrogens is 1. The summed E-state index contributed by atoms with van der Waals surface area (Å²) in [5, 5.41) is 7.33. The maximum Gasteiger partial charge on any atom is 0.129 e. The van der Waals surface area contributed by atoms with Gasteiger partial charge in [0.1, 0.15) is 18.1 Å². The number of hydrogen-bond donors (Lipinski definition) is 1. The lowest BCUT2D eigenvalue weighted by molar-refractivity contribution is 0.371. The van der Waals surface area contributed by atoms with Gasteiger partial charge in [-0.3, -0.25) is 10.1 Å². The second-order valence-corrected chi connectivity index (χ2v) is 6.47. The first-order valence-electron chi connectivity index (χ1n) is 9.67. The van der Waals surface area contributed by atoms with Crippen LogP contribution in [0.25, 0.3) is 24.3 Å². The van der Waals surface area contributed by atoms with Crippen LogP contribution in [0.5, 0.6) is 11.5 Å². The van der Waals surface area contributed by atoms with Gasteiger partial charge in [-0.1, -0.05) is 12.7 Å². The molecule has 0 aliphatic rings. The van der Waals surface area contributed by atoms with E-state index in [2.05, 4.69) is 26.8 Å². The summed E-state index contributed by atoms with van der Waals surface area (Å²) in [6.45, 7) is 3.95. The van der Waals surface area contributed by atoms with Crippen molar-refractivity contribution in [1.82, 2.24) is 19.7 Å². The summed E-state index contributed by atoms with van der Waals surface area (Å²) in [6, 6.07) is 7.64. The van der Waals surface area contributed by atoms with Crippen molar-refractivity contribution < 1.29 is 9.47 Å². The van der Waals surface area contributed by atoms with Gasteiger partial charge >= 0.3 is 0 Å². The van der Waals surface area contributed by atoms with Crippen LogP contribution in [0.1, 0.15) is 22.6 Å². The number of methoxy groups -OCH3 is 1. The van der Waals surface area contributed by atoms with Crippen molar-refractivity contribution in [3.63, 3.8) is 0 Å². The van der Waals surface area contributed by atoms with Gasteiger partial charge in [0.25, 0.3) is 0 Å². The Hall–Kier alpha value is -4.13. The molecule has 0 bridgehead atoms. The van der Waals surface area contributed by atoms with E-state index in [1.165, 1.54) is 0 Å². The average Bonchev–Trinajstić information content (AvgIpc) is 3.42. The highest BCUT2D eigenvalue weighted by Crippen LogP contribution is 2.26. The van der Waals surface area contributed by atoms with Gasteiger partial charge < -0.3 is 14.0 Å². The predicted octanol–water partition coefficient (Wildman–Crippen LogP) is 4.64. The van der Waals surface area contributed by atoms with E-state index in [4.69, 9.17) is 9.47 Å². The van der Waals surface area contributed by atoms with Gasteiger partial charge in [0.15, 0.2) is 0 Å². The summed E-state index contributed by atoms with van der Waals surface area (Å²) in [7, 11) is 3.58. The maximum absolute atomic E-state index is 5.67. The van der Waals surface area contributed by atoms with E-state index in [0.717, 1.165) is 22.6 Å². The second-order valence-electron chi connectivity index (χ2n) is 6.47. The highest BCUT2D eigenvalue weighted by molar-refractivity contribution is 5.73. The molecular weight excluding hydrogens is 390 g/mol. The molecule has 7 heteroatoms. The van der Waals surface area contributed by atoms with Crippen molar-refractivity contribution in [2.75, 3.05) is 13.7 Å². The number of benzene rings is 1. The molecule has 0 amide bonds. The Morgan fingerprint density at radius 3 is 2.87 bits per heavy atom. The van der Waals surface area contributed by atoms with E-state index >= 15 is 0 Å². The molecule has 0 saturated heterocycles. The number of hydrogen-bond acceptors (Lipinski definition) is 5. The van der Waals surface area contributed by atoms with Crippen LogP contribution >= 0.6 is 0 Å². The van der Waals surface area contributed by atoms with Crippen LogP contribution in [0.3, 0.4) is 0 Å². The Kier molecular flexibility index (Phi) is 7.77. The Labute approximate surface area is 181 Å². The number of aliphatic imine (C=N–C) groups is 1. The number of nitrogens with one attached hydrogen (secondary N) is 1. The molecule has 0 fully saturated rings. The summed E-state index contributed by atoms with van der Waals surface area (Å²) in [4.78, 5) is 8.17. The molecular formula is C24H25N5O2. The van der Waals surface area contributed by atoms with Crippen LogP contribution in [0.15, 0.2) is 66.7 Å². The lowest BCUT2D eigenvalue weighted by atomic mass is 10.1. The smallest absolute Gasteiger partial charge is 0.129 e. The van der Waals surface area contributed by atoms with Crippen molar-refractivity contribution in [3.05, 3.63) is 84.4 Å². The molecule has 0 spiro atoms. The number of aromatic amines is 1. The topological polar surface area (TPSA) is 77.3 Å². The molecule has 3 aromatic rings. The SMILES string of the molecule is C=C/C=C\N=CCOc1ccc(/C=C/c2cc(/C=C/c3cncn3C)[nH]n2)c(OC)c1. The van der Waals surface area contributed by atoms with E-state index in [0.29, 0.717) is 18.1 Å². The average molecular weight is 415 g/mol. The molecule has 0 unspecified atom stereocenters. The lowest BCUT2D eigenvalue weighted by Gasteiger charge is -2.08. The van der Waals surface area contributed by atoms with Crippen molar-refractivity contribution in [3.8, 4) is 11.5 Å². The van der Waals surface area contributed by atoms with Crippen LogP contribution in [0.4, 0.5) is 0 Å². The van der Waals surface area contributed by atoms with E-state index < -0.39 is 0 Å². The van der Waals surface area contributed by atoms with Gasteiger partial charge in [-0.05, 0) is 48.6 Å². The summed E-state index contributed by atoms with van der Waals surface area (Å²) in [6.07, 6.45) is 18.1. The molecule has 3 rings (SSSR count). The van der Waals surface area contributed by atoms with Crippen LogP contribution < -0.4 is 9.47 Å². The van der Waals surface area contributed by atoms with Crippen molar-refractivity contribution in [1.29, 1.82) is 0 Å². The van der Waals surface area contributed by atoms with Gasteiger partial charge in [-0.15, -0.1) is 0 Å². The molecule has 0 aliphatic heterocycles. The van der Waals surface area contributed by atoms with Gasteiger partial charge in [-0.25, -0.2) is 4.98 Å². The zero-order valence-electron chi connectivity index (χ0n) is 17.6. The van der Waals surface area contributed by atoms with Crippen LogP contribution in [-0.2, 0) is 7.05 Å². The predicted molar refractivity (Wildman–Crippen MR) is 126 cm³/mol. The Morgan fingerprint density at radius 1 is 1.19 bits per heavy atom. The molecule has 158 valence electrons. The first-order chi connectivity index (χ1) is 15.2. The summed E-state index contributed by atoms with van der Waals surface area (Å²) in [5.41, 5.74) is 3.66. The standard InChI is InChI=1S/C24H25N5O2/c1-4-5-12-25-13-14-31-23-11-7-19(24(16-23)30-3)6-8-20-15-21(28-27-20)9-10-22-17-26-18-29(22)2/h4-13,15-18H,1,14H2,2-3H3,(H,27,28)/b8-6+,10-9+,12-5-,25-13?. The first-order valence-corrected chi connectivity index (χ1v) is 9.67. The van der Waals surface area contributed by atoms with E-state index in [9.17, 15) is 0 Å². The highest BCUT2D eigenvalue weighted by Gasteiger charge is 2.03. The number of ether oxygens (including phenoxy) is 2. The van der Waals surface area contributed by atoms with Gasteiger partial charge in [0, 0.05) is 31.1 Å². The fraction of sp³-hybridized carbons (Fsp3) is 0.125. The molecule has 1 N–H and O–H groups in total. The zero-order chi connectivity index (χ0) is 21.9. The van der Waals surface area contributed by atoms with Crippen molar-refractivity contribution >= 4 is 30.5 Å². The van der Waals surface area contributed by atoms with Crippen molar-refractivity contribution in [2.24, 2.45) is 12.0 Å². The lowest BCUT2D eigenvalue weighted by Crippen LogP contribution is -1.98. The second kappa shape index (κ2) is 11.2. The normalized spacial score (nSPS) is 11.9. The molecule has 2 heterocycles. The molecule has 31 heavy (non-hydrogen) atoms. The maximum atomic E-state index is 5.67. The fourth-order valence-electron chi connectivity index (χ4n) is 2.67. The molecule has 0 atom stereocenters. The minimum Gasteiger partial charge on any atom is -0.496 e. The van der Waals surface area contributed by atoms with E-state index in [1.54, 1.807) is 44.2 Å². The third kappa shape index (κ3) is 6.43. The third-order valence-corrected chi connectivity index (χ3v) is 4.28. The number of imidazole rings is 1. The number of nitrogens with zero attached hydrogens (tertiary/aromatic N) is 4. The van der Waals surface area contributed by atoms with Gasteiger partial charge in [0.05, 0.1) is 36.7 Å². The minimum atomic E-state index is 0.363. The van der Waals surface area contributed by atoms with Crippen LogP contribution in [0.2, 0.25) is 0 Å². The van der Waals surface area contributed by atoms with E-state index in [-0.39, 0.29) is 0 Å². The largest absolute Gasteiger partial charge is 0.496 e. The number of aryl methyl sites for hydroxylation is 1. The molecule has 0 saturated carbocycles. The Balaban J connectivity index is 1.62.